The number of nitrogens with zero attached hydrogens (tertiary/aromatic N) is 5. The van der Waals surface area contributed by atoms with Gasteiger partial charge in [0.1, 0.15) is 0 Å². The van der Waals surface area contributed by atoms with E-state index in [1.165, 1.54) is 0 Å². The molecule has 0 radical (unpaired) electrons. The SMILES string of the molecule is CN(Cc1ccccc1)C(=O)[C@H]1CCCN(c2nnc(-n3cccc3)s2)C1. The van der Waals surface area contributed by atoms with Gasteiger partial charge in [0.25, 0.3) is 0 Å². The Hall–Kier alpha value is -2.67. The minimum Gasteiger partial charge on any atom is -0.346 e. The van der Waals surface area contributed by atoms with Crippen LogP contribution in [0.15, 0.2) is 54.9 Å². The molecule has 1 atom stereocenters. The van der Waals surface area contributed by atoms with Gasteiger partial charge < -0.3 is 9.80 Å². The molecule has 7 heteroatoms. The minimum atomic E-state index is 0.00592. The van der Waals surface area contributed by atoms with Gasteiger partial charge in [0.15, 0.2) is 0 Å². The monoisotopic (exact) mass is 381 g/mol. The topological polar surface area (TPSA) is 54.3 Å². The Bertz CT molecular complexity index is 877. The van der Waals surface area contributed by atoms with E-state index in [0.29, 0.717) is 13.1 Å². The summed E-state index contributed by atoms with van der Waals surface area (Å²) < 4.78 is 1.96. The molecule has 0 saturated carbocycles. The van der Waals surface area contributed by atoms with Gasteiger partial charge in [-0.05, 0) is 30.5 Å². The second kappa shape index (κ2) is 7.92. The average molecular weight is 382 g/mol. The maximum atomic E-state index is 12.9. The molecule has 3 aromatic rings. The fourth-order valence-electron chi connectivity index (χ4n) is 3.50. The molecule has 2 aromatic heterocycles. The highest BCUT2D eigenvalue weighted by atomic mass is 32.1. The number of hydrogen-bond acceptors (Lipinski definition) is 5. The summed E-state index contributed by atoms with van der Waals surface area (Å²) >= 11 is 1.56. The molecular formula is C20H23N5OS. The number of hydrogen-bond donors (Lipinski definition) is 0. The summed E-state index contributed by atoms with van der Waals surface area (Å²) in [4.78, 5) is 17.0. The average Bonchev–Trinajstić information content (AvgIpc) is 3.40. The number of amides is 1. The molecule has 0 aliphatic carbocycles. The van der Waals surface area contributed by atoms with E-state index >= 15 is 0 Å². The molecule has 6 nitrogen and oxygen atoms in total. The predicted octanol–water partition coefficient (Wildman–Crippen LogP) is 3.20. The van der Waals surface area contributed by atoms with Gasteiger partial charge in [0, 0.05) is 39.1 Å². The molecule has 1 amide bonds. The molecule has 1 saturated heterocycles. The highest BCUT2D eigenvalue weighted by Crippen LogP contribution is 2.28. The van der Waals surface area contributed by atoms with Crippen LogP contribution in [0.4, 0.5) is 5.13 Å². The van der Waals surface area contributed by atoms with Crippen molar-refractivity contribution < 1.29 is 4.79 Å². The Kier molecular flexibility index (Phi) is 5.20. The Morgan fingerprint density at radius 2 is 1.89 bits per heavy atom. The third-order valence-corrected chi connectivity index (χ3v) is 5.91. The van der Waals surface area contributed by atoms with Gasteiger partial charge in [-0.15, -0.1) is 10.2 Å². The number of rotatable bonds is 5. The molecule has 0 N–H and O–H groups in total. The molecule has 0 unspecified atom stereocenters. The second-order valence-electron chi connectivity index (χ2n) is 6.92. The lowest BCUT2D eigenvalue weighted by Crippen LogP contribution is -2.43. The van der Waals surface area contributed by atoms with Crippen molar-refractivity contribution in [1.82, 2.24) is 19.7 Å². The summed E-state index contributed by atoms with van der Waals surface area (Å²) in [5.74, 6) is 0.213. The maximum absolute atomic E-state index is 12.9. The van der Waals surface area contributed by atoms with Crippen molar-refractivity contribution in [1.29, 1.82) is 0 Å². The summed E-state index contributed by atoms with van der Waals surface area (Å²) in [6.45, 7) is 2.28. The van der Waals surface area contributed by atoms with E-state index in [1.54, 1.807) is 11.3 Å². The van der Waals surface area contributed by atoms with Crippen molar-refractivity contribution in [3.8, 4) is 5.13 Å². The Morgan fingerprint density at radius 1 is 1.15 bits per heavy atom. The lowest BCUT2D eigenvalue weighted by Gasteiger charge is -2.33. The largest absolute Gasteiger partial charge is 0.346 e. The van der Waals surface area contributed by atoms with Gasteiger partial charge in [-0.25, -0.2) is 0 Å². The van der Waals surface area contributed by atoms with E-state index in [9.17, 15) is 4.79 Å². The van der Waals surface area contributed by atoms with Crippen molar-refractivity contribution in [2.45, 2.75) is 19.4 Å². The van der Waals surface area contributed by atoms with Crippen LogP contribution in [0, 0.1) is 5.92 Å². The molecule has 0 spiro atoms. The van der Waals surface area contributed by atoms with Crippen LogP contribution in [0.1, 0.15) is 18.4 Å². The Morgan fingerprint density at radius 3 is 2.67 bits per heavy atom. The minimum absolute atomic E-state index is 0.00592. The Balaban J connectivity index is 1.41. The maximum Gasteiger partial charge on any atom is 0.227 e. The fraction of sp³-hybridized carbons (Fsp3) is 0.350. The van der Waals surface area contributed by atoms with E-state index in [4.69, 9.17) is 0 Å². The van der Waals surface area contributed by atoms with Gasteiger partial charge in [-0.3, -0.25) is 9.36 Å². The number of benzene rings is 1. The molecule has 1 aromatic carbocycles. The van der Waals surface area contributed by atoms with Gasteiger partial charge >= 0.3 is 0 Å². The molecule has 27 heavy (non-hydrogen) atoms. The molecule has 3 heterocycles. The van der Waals surface area contributed by atoms with Crippen molar-refractivity contribution in [2.24, 2.45) is 5.92 Å². The molecule has 1 fully saturated rings. The van der Waals surface area contributed by atoms with Crippen LogP contribution in [0.25, 0.3) is 5.13 Å². The van der Waals surface area contributed by atoms with E-state index in [0.717, 1.165) is 35.2 Å². The zero-order chi connectivity index (χ0) is 18.6. The summed E-state index contributed by atoms with van der Waals surface area (Å²) in [5.41, 5.74) is 1.15. The first kappa shape index (κ1) is 17.7. The van der Waals surface area contributed by atoms with Gasteiger partial charge in [0.05, 0.1) is 5.92 Å². The number of anilines is 1. The van der Waals surface area contributed by atoms with Gasteiger partial charge in [0.2, 0.25) is 16.2 Å². The molecular weight excluding hydrogens is 358 g/mol. The third-order valence-electron chi connectivity index (χ3n) is 4.91. The summed E-state index contributed by atoms with van der Waals surface area (Å²) in [6, 6.07) is 14.1. The summed E-state index contributed by atoms with van der Waals surface area (Å²) in [5, 5.41) is 10.4. The molecule has 0 bridgehead atoms. The molecule has 1 aliphatic rings. The van der Waals surface area contributed by atoms with E-state index in [-0.39, 0.29) is 11.8 Å². The van der Waals surface area contributed by atoms with Crippen molar-refractivity contribution in [3.05, 3.63) is 60.4 Å². The quantitative estimate of drug-likeness (QED) is 0.681. The number of carbonyl (C=O) groups excluding carboxylic acids is 1. The van der Waals surface area contributed by atoms with Crippen LogP contribution in [0.2, 0.25) is 0 Å². The lowest BCUT2D eigenvalue weighted by atomic mass is 9.97. The van der Waals surface area contributed by atoms with Crippen LogP contribution < -0.4 is 4.90 Å². The summed E-state index contributed by atoms with van der Waals surface area (Å²) in [6.07, 6.45) is 5.85. The predicted molar refractivity (Wildman–Crippen MR) is 107 cm³/mol. The van der Waals surface area contributed by atoms with E-state index in [2.05, 4.69) is 27.2 Å². The van der Waals surface area contributed by atoms with Crippen LogP contribution in [-0.2, 0) is 11.3 Å². The van der Waals surface area contributed by atoms with Crippen molar-refractivity contribution in [3.63, 3.8) is 0 Å². The number of aromatic nitrogens is 3. The standard InChI is InChI=1S/C20H23N5OS/c1-23(14-16-8-3-2-4-9-16)18(26)17-10-7-13-25(15-17)20-22-21-19(27-20)24-11-5-6-12-24/h2-6,8-9,11-12,17H,7,10,13-15H2,1H3/t17-/m0/s1. The van der Waals surface area contributed by atoms with Crippen LogP contribution >= 0.6 is 11.3 Å². The highest BCUT2D eigenvalue weighted by molar-refractivity contribution is 7.17. The van der Waals surface area contributed by atoms with Crippen LogP contribution in [0.5, 0.6) is 0 Å². The fourth-order valence-corrected chi connectivity index (χ4v) is 4.35. The second-order valence-corrected chi connectivity index (χ2v) is 7.86. The van der Waals surface area contributed by atoms with Crippen LogP contribution in [-0.4, -0.2) is 45.7 Å². The highest BCUT2D eigenvalue weighted by Gasteiger charge is 2.29. The van der Waals surface area contributed by atoms with Crippen molar-refractivity contribution in [2.75, 3.05) is 25.0 Å². The zero-order valence-electron chi connectivity index (χ0n) is 15.4. The normalized spacial score (nSPS) is 17.1. The van der Waals surface area contributed by atoms with E-state index < -0.39 is 0 Å². The van der Waals surface area contributed by atoms with Crippen molar-refractivity contribution >= 4 is 22.4 Å². The van der Waals surface area contributed by atoms with Crippen LogP contribution in [0.3, 0.4) is 0 Å². The molecule has 140 valence electrons. The van der Waals surface area contributed by atoms with E-state index in [1.807, 2.05) is 59.2 Å². The first-order valence-electron chi connectivity index (χ1n) is 9.21. The first-order valence-corrected chi connectivity index (χ1v) is 10.0. The molecule has 1 aliphatic heterocycles. The lowest BCUT2D eigenvalue weighted by molar-refractivity contribution is -0.135. The first-order chi connectivity index (χ1) is 13.2. The smallest absolute Gasteiger partial charge is 0.227 e. The summed E-state index contributed by atoms with van der Waals surface area (Å²) in [7, 11) is 1.89. The number of carbonyl (C=O) groups is 1. The third kappa shape index (κ3) is 4.03. The number of piperidine rings is 1. The molecule has 4 rings (SSSR count). The zero-order valence-corrected chi connectivity index (χ0v) is 16.2. The Labute approximate surface area is 163 Å². The van der Waals surface area contributed by atoms with Gasteiger partial charge in [-0.1, -0.05) is 41.7 Å². The van der Waals surface area contributed by atoms with Gasteiger partial charge in [-0.2, -0.15) is 0 Å².